The first-order chi connectivity index (χ1) is 10.1. The Hall–Kier alpha value is -1.50. The summed E-state index contributed by atoms with van der Waals surface area (Å²) in [5, 5.41) is 12.7. The molecule has 1 aromatic heterocycles. The van der Waals surface area contributed by atoms with Gasteiger partial charge in [-0.15, -0.1) is 10.2 Å². The number of carbonyl (C=O) groups excluding carboxylic acids is 1. The summed E-state index contributed by atoms with van der Waals surface area (Å²) in [5.41, 5.74) is 6.65. The molecule has 110 valence electrons. The maximum Gasteiger partial charge on any atom is 0.229 e. The highest BCUT2D eigenvalue weighted by atomic mass is 35.5. The van der Waals surface area contributed by atoms with Crippen molar-refractivity contribution < 1.29 is 4.79 Å². The third kappa shape index (κ3) is 3.23. The monoisotopic (exact) mass is 322 g/mol. The summed E-state index contributed by atoms with van der Waals surface area (Å²) in [7, 11) is 0. The second kappa shape index (κ2) is 6.09. The van der Waals surface area contributed by atoms with Gasteiger partial charge in [-0.1, -0.05) is 41.1 Å². The summed E-state index contributed by atoms with van der Waals surface area (Å²) in [5.74, 6) is -0.0440. The van der Waals surface area contributed by atoms with E-state index < -0.39 is 0 Å². The fraction of sp³-hybridized carbons (Fsp3) is 0.357. The lowest BCUT2D eigenvalue weighted by Crippen LogP contribution is -2.23. The number of rotatable bonds is 3. The topological polar surface area (TPSA) is 80.9 Å². The van der Waals surface area contributed by atoms with Gasteiger partial charge in [0.05, 0.1) is 5.02 Å². The number of aromatic nitrogens is 2. The summed E-state index contributed by atoms with van der Waals surface area (Å²) in [6.45, 7) is 0. The molecule has 2 unspecified atom stereocenters. The predicted molar refractivity (Wildman–Crippen MR) is 84.3 cm³/mol. The smallest absolute Gasteiger partial charge is 0.229 e. The molecule has 1 saturated carbocycles. The van der Waals surface area contributed by atoms with Gasteiger partial charge < -0.3 is 11.1 Å². The van der Waals surface area contributed by atoms with Gasteiger partial charge in [-0.25, -0.2) is 0 Å². The zero-order valence-electron chi connectivity index (χ0n) is 11.3. The normalized spacial score (nSPS) is 21.4. The number of nitrogens with two attached hydrogens (primary N) is 1. The van der Waals surface area contributed by atoms with Crippen LogP contribution in [-0.2, 0) is 4.79 Å². The van der Waals surface area contributed by atoms with Crippen molar-refractivity contribution in [1.29, 1.82) is 0 Å². The number of hydrogen-bond acceptors (Lipinski definition) is 5. The van der Waals surface area contributed by atoms with Crippen LogP contribution in [-0.4, -0.2) is 22.1 Å². The van der Waals surface area contributed by atoms with E-state index >= 15 is 0 Å². The molecule has 0 aliphatic heterocycles. The molecule has 0 saturated heterocycles. The summed E-state index contributed by atoms with van der Waals surface area (Å²) in [6, 6.07) is 7.56. The summed E-state index contributed by atoms with van der Waals surface area (Å²) >= 11 is 7.45. The fourth-order valence-corrected chi connectivity index (χ4v) is 3.55. The summed E-state index contributed by atoms with van der Waals surface area (Å²) in [6.07, 6.45) is 2.48. The molecule has 1 heterocycles. The van der Waals surface area contributed by atoms with E-state index in [0.29, 0.717) is 15.2 Å². The molecule has 0 spiro atoms. The maximum absolute atomic E-state index is 12.1. The SMILES string of the molecule is NC1CCC(C(=O)Nc2nnc(-c3ccccc3Cl)s2)C1. The van der Waals surface area contributed by atoms with Gasteiger partial charge in [-0.3, -0.25) is 4.79 Å². The second-order valence-corrected chi connectivity index (χ2v) is 6.54. The van der Waals surface area contributed by atoms with E-state index in [-0.39, 0.29) is 17.9 Å². The van der Waals surface area contributed by atoms with E-state index in [1.165, 1.54) is 11.3 Å². The van der Waals surface area contributed by atoms with Crippen molar-refractivity contribution in [3.8, 4) is 10.6 Å². The van der Waals surface area contributed by atoms with Crippen LogP contribution in [0.5, 0.6) is 0 Å². The third-order valence-electron chi connectivity index (χ3n) is 3.60. The van der Waals surface area contributed by atoms with Crippen LogP contribution in [0, 0.1) is 5.92 Å². The van der Waals surface area contributed by atoms with Gasteiger partial charge in [0, 0.05) is 17.5 Å². The van der Waals surface area contributed by atoms with Gasteiger partial charge in [0.25, 0.3) is 0 Å². The molecular formula is C14H15ClN4OS. The zero-order valence-corrected chi connectivity index (χ0v) is 12.8. The molecule has 1 amide bonds. The minimum atomic E-state index is -0.0233. The molecule has 2 atom stereocenters. The van der Waals surface area contributed by atoms with E-state index in [1.54, 1.807) is 6.07 Å². The number of hydrogen-bond donors (Lipinski definition) is 2. The average Bonchev–Trinajstić information content (AvgIpc) is 3.08. The van der Waals surface area contributed by atoms with Crippen LogP contribution >= 0.6 is 22.9 Å². The van der Waals surface area contributed by atoms with Crippen molar-refractivity contribution in [1.82, 2.24) is 10.2 Å². The fourth-order valence-electron chi connectivity index (χ4n) is 2.48. The lowest BCUT2D eigenvalue weighted by atomic mass is 10.1. The molecule has 2 aromatic rings. The van der Waals surface area contributed by atoms with E-state index in [4.69, 9.17) is 17.3 Å². The second-order valence-electron chi connectivity index (χ2n) is 5.15. The quantitative estimate of drug-likeness (QED) is 0.910. The van der Waals surface area contributed by atoms with Gasteiger partial charge in [0.1, 0.15) is 0 Å². The minimum absolute atomic E-state index is 0.0207. The van der Waals surface area contributed by atoms with Gasteiger partial charge in [0.2, 0.25) is 11.0 Å². The van der Waals surface area contributed by atoms with Crippen molar-refractivity contribution in [2.45, 2.75) is 25.3 Å². The standard InChI is InChI=1S/C14H15ClN4OS/c15-11-4-2-1-3-10(11)13-18-19-14(21-13)17-12(20)8-5-6-9(16)7-8/h1-4,8-9H,5-7,16H2,(H,17,19,20). The highest BCUT2D eigenvalue weighted by Gasteiger charge is 2.28. The molecule has 1 aliphatic carbocycles. The van der Waals surface area contributed by atoms with Crippen LogP contribution < -0.4 is 11.1 Å². The number of halogens is 1. The molecule has 21 heavy (non-hydrogen) atoms. The Labute approximate surface area is 131 Å². The maximum atomic E-state index is 12.1. The first-order valence-electron chi connectivity index (χ1n) is 6.78. The Kier molecular flexibility index (Phi) is 4.19. The molecule has 3 rings (SSSR count). The van der Waals surface area contributed by atoms with Gasteiger partial charge in [-0.2, -0.15) is 0 Å². The van der Waals surface area contributed by atoms with Crippen molar-refractivity contribution in [2.24, 2.45) is 11.7 Å². The van der Waals surface area contributed by atoms with Gasteiger partial charge >= 0.3 is 0 Å². The molecule has 1 fully saturated rings. The number of benzene rings is 1. The summed E-state index contributed by atoms with van der Waals surface area (Å²) < 4.78 is 0. The molecule has 0 bridgehead atoms. The van der Waals surface area contributed by atoms with Crippen LogP contribution in [0.1, 0.15) is 19.3 Å². The zero-order chi connectivity index (χ0) is 14.8. The van der Waals surface area contributed by atoms with Crippen molar-refractivity contribution in [2.75, 3.05) is 5.32 Å². The minimum Gasteiger partial charge on any atom is -0.328 e. The Morgan fingerprint density at radius 3 is 2.86 bits per heavy atom. The number of nitrogens with one attached hydrogen (secondary N) is 1. The van der Waals surface area contributed by atoms with Crippen LogP contribution in [0.4, 0.5) is 5.13 Å². The molecule has 1 aliphatic rings. The Balaban J connectivity index is 1.71. The Morgan fingerprint density at radius 2 is 2.14 bits per heavy atom. The van der Waals surface area contributed by atoms with Gasteiger partial charge in [-0.05, 0) is 25.3 Å². The Bertz CT molecular complexity index is 660. The van der Waals surface area contributed by atoms with Gasteiger partial charge in [0.15, 0.2) is 5.01 Å². The van der Waals surface area contributed by atoms with Crippen molar-refractivity contribution >= 4 is 34.0 Å². The molecule has 3 N–H and O–H groups in total. The highest BCUT2D eigenvalue weighted by Crippen LogP contribution is 2.32. The average molecular weight is 323 g/mol. The molecular weight excluding hydrogens is 308 g/mol. The molecule has 0 radical (unpaired) electrons. The number of nitrogens with zero attached hydrogens (tertiary/aromatic N) is 2. The number of carbonyl (C=O) groups is 1. The number of anilines is 1. The first kappa shape index (κ1) is 14.4. The van der Waals surface area contributed by atoms with Crippen molar-refractivity contribution in [3.63, 3.8) is 0 Å². The highest BCUT2D eigenvalue weighted by molar-refractivity contribution is 7.18. The largest absolute Gasteiger partial charge is 0.328 e. The lowest BCUT2D eigenvalue weighted by molar-refractivity contribution is -0.119. The van der Waals surface area contributed by atoms with Crippen LogP contribution in [0.25, 0.3) is 10.6 Å². The van der Waals surface area contributed by atoms with E-state index in [0.717, 1.165) is 24.8 Å². The van der Waals surface area contributed by atoms with E-state index in [9.17, 15) is 4.79 Å². The molecule has 1 aromatic carbocycles. The van der Waals surface area contributed by atoms with Crippen LogP contribution in [0.3, 0.4) is 0 Å². The van der Waals surface area contributed by atoms with Crippen LogP contribution in [0.15, 0.2) is 24.3 Å². The third-order valence-corrected chi connectivity index (χ3v) is 4.80. The van der Waals surface area contributed by atoms with Crippen LogP contribution in [0.2, 0.25) is 5.02 Å². The Morgan fingerprint density at radius 1 is 1.33 bits per heavy atom. The molecule has 7 heteroatoms. The van der Waals surface area contributed by atoms with Crippen molar-refractivity contribution in [3.05, 3.63) is 29.3 Å². The predicted octanol–water partition coefficient (Wildman–Crippen LogP) is 2.92. The first-order valence-corrected chi connectivity index (χ1v) is 7.98. The lowest BCUT2D eigenvalue weighted by Gasteiger charge is -2.07. The van der Waals surface area contributed by atoms with E-state index in [1.807, 2.05) is 18.2 Å². The van der Waals surface area contributed by atoms with E-state index in [2.05, 4.69) is 15.5 Å². The number of amides is 1. The molecule has 5 nitrogen and oxygen atoms in total. The summed E-state index contributed by atoms with van der Waals surface area (Å²) in [4.78, 5) is 12.1.